The first kappa shape index (κ1) is 13.2. The predicted octanol–water partition coefficient (Wildman–Crippen LogP) is 2.55. The lowest BCUT2D eigenvalue weighted by Crippen LogP contribution is -2.34. The summed E-state index contributed by atoms with van der Waals surface area (Å²) in [6, 6.07) is 4.98. The van der Waals surface area contributed by atoms with Crippen LogP contribution in [0.15, 0.2) is 18.2 Å². The highest BCUT2D eigenvalue weighted by Crippen LogP contribution is 2.29. The maximum Gasteiger partial charge on any atom is 0.244 e. The predicted molar refractivity (Wildman–Crippen MR) is 70.9 cm³/mol. The van der Waals surface area contributed by atoms with E-state index in [1.807, 2.05) is 0 Å². The van der Waals surface area contributed by atoms with Crippen molar-refractivity contribution in [3.8, 4) is 0 Å². The monoisotopic (exact) mass is 286 g/mol. The summed E-state index contributed by atoms with van der Waals surface area (Å²) in [5.74, 6) is -0.282. The standard InChI is InChI=1S/C12H12Cl2N2O2/c13-8-3-1-4-9(14)12(8)15-10(17)7-16-6-2-5-11(16)18/h1,3-4H,2,5-7H2,(H,15,17). The highest BCUT2D eigenvalue weighted by atomic mass is 35.5. The van der Waals surface area contributed by atoms with Crippen LogP contribution in [-0.4, -0.2) is 29.8 Å². The van der Waals surface area contributed by atoms with E-state index in [0.717, 1.165) is 6.42 Å². The number of carbonyl (C=O) groups is 2. The van der Waals surface area contributed by atoms with Crippen molar-refractivity contribution in [1.29, 1.82) is 0 Å². The lowest BCUT2D eigenvalue weighted by atomic mass is 10.3. The third kappa shape index (κ3) is 2.94. The van der Waals surface area contributed by atoms with Crippen molar-refractivity contribution in [3.05, 3.63) is 28.2 Å². The van der Waals surface area contributed by atoms with Crippen LogP contribution in [0, 0.1) is 0 Å². The van der Waals surface area contributed by atoms with E-state index >= 15 is 0 Å². The fraction of sp³-hybridized carbons (Fsp3) is 0.333. The second kappa shape index (κ2) is 5.59. The first-order valence-electron chi connectivity index (χ1n) is 5.59. The average Bonchev–Trinajstić information content (AvgIpc) is 2.70. The zero-order chi connectivity index (χ0) is 13.1. The smallest absolute Gasteiger partial charge is 0.244 e. The van der Waals surface area contributed by atoms with E-state index < -0.39 is 0 Å². The van der Waals surface area contributed by atoms with Crippen LogP contribution >= 0.6 is 23.2 Å². The van der Waals surface area contributed by atoms with E-state index in [1.165, 1.54) is 4.90 Å². The van der Waals surface area contributed by atoms with Gasteiger partial charge in [-0.25, -0.2) is 0 Å². The minimum Gasteiger partial charge on any atom is -0.333 e. The minimum absolute atomic E-state index is 0.00963. The molecule has 1 heterocycles. The van der Waals surface area contributed by atoms with Gasteiger partial charge in [-0.1, -0.05) is 29.3 Å². The molecule has 0 aliphatic carbocycles. The SMILES string of the molecule is O=C(CN1CCCC1=O)Nc1c(Cl)cccc1Cl. The summed E-state index contributed by atoms with van der Waals surface area (Å²) < 4.78 is 0. The second-order valence-electron chi connectivity index (χ2n) is 4.06. The third-order valence-electron chi connectivity index (χ3n) is 2.73. The largest absolute Gasteiger partial charge is 0.333 e. The molecule has 0 bridgehead atoms. The van der Waals surface area contributed by atoms with Gasteiger partial charge >= 0.3 is 0 Å². The molecular weight excluding hydrogens is 275 g/mol. The number of anilines is 1. The number of benzene rings is 1. The van der Waals surface area contributed by atoms with E-state index in [9.17, 15) is 9.59 Å². The van der Waals surface area contributed by atoms with Crippen LogP contribution in [0.4, 0.5) is 5.69 Å². The molecule has 1 fully saturated rings. The summed E-state index contributed by atoms with van der Waals surface area (Å²) in [6.07, 6.45) is 1.32. The summed E-state index contributed by atoms with van der Waals surface area (Å²) >= 11 is 11.9. The summed E-state index contributed by atoms with van der Waals surface area (Å²) in [6.45, 7) is 0.670. The Bertz CT molecular complexity index is 471. The first-order valence-corrected chi connectivity index (χ1v) is 6.35. The van der Waals surface area contributed by atoms with Crippen molar-refractivity contribution in [2.75, 3.05) is 18.4 Å². The molecule has 18 heavy (non-hydrogen) atoms. The molecule has 1 N–H and O–H groups in total. The van der Waals surface area contributed by atoms with Gasteiger partial charge in [-0.3, -0.25) is 9.59 Å². The highest BCUT2D eigenvalue weighted by Gasteiger charge is 2.22. The first-order chi connectivity index (χ1) is 8.58. The normalized spacial score (nSPS) is 15.0. The molecule has 1 aromatic carbocycles. The van der Waals surface area contributed by atoms with Crippen molar-refractivity contribution in [2.45, 2.75) is 12.8 Å². The van der Waals surface area contributed by atoms with Crippen LogP contribution in [-0.2, 0) is 9.59 Å². The molecule has 4 nitrogen and oxygen atoms in total. The van der Waals surface area contributed by atoms with E-state index in [4.69, 9.17) is 23.2 Å². The van der Waals surface area contributed by atoms with Crippen molar-refractivity contribution >= 4 is 40.7 Å². The third-order valence-corrected chi connectivity index (χ3v) is 3.36. The van der Waals surface area contributed by atoms with Crippen LogP contribution < -0.4 is 5.32 Å². The van der Waals surface area contributed by atoms with Gasteiger partial charge < -0.3 is 10.2 Å². The molecule has 0 spiro atoms. The minimum atomic E-state index is -0.291. The van der Waals surface area contributed by atoms with Crippen molar-refractivity contribution < 1.29 is 9.59 Å². The number of amides is 2. The van der Waals surface area contributed by atoms with Gasteiger partial charge in [-0.2, -0.15) is 0 Å². The number of hydrogen-bond donors (Lipinski definition) is 1. The van der Waals surface area contributed by atoms with Gasteiger partial charge in [0, 0.05) is 13.0 Å². The Morgan fingerprint density at radius 2 is 2.00 bits per heavy atom. The molecule has 96 valence electrons. The summed E-state index contributed by atoms with van der Waals surface area (Å²) in [5, 5.41) is 3.39. The van der Waals surface area contributed by atoms with Crippen LogP contribution in [0.25, 0.3) is 0 Å². The molecular formula is C12H12Cl2N2O2. The van der Waals surface area contributed by atoms with Crippen LogP contribution in [0.3, 0.4) is 0 Å². The van der Waals surface area contributed by atoms with Gasteiger partial charge in [0.1, 0.15) is 0 Å². The molecule has 1 saturated heterocycles. The van der Waals surface area contributed by atoms with Crippen LogP contribution in [0.1, 0.15) is 12.8 Å². The topological polar surface area (TPSA) is 49.4 Å². The Balaban J connectivity index is 2.01. The Morgan fingerprint density at radius 3 is 2.56 bits per heavy atom. The maximum absolute atomic E-state index is 11.8. The van der Waals surface area contributed by atoms with E-state index in [-0.39, 0.29) is 18.4 Å². The summed E-state index contributed by atoms with van der Waals surface area (Å²) in [4.78, 5) is 24.7. The van der Waals surface area contributed by atoms with Crippen molar-refractivity contribution in [2.24, 2.45) is 0 Å². The van der Waals surface area contributed by atoms with Crippen molar-refractivity contribution in [1.82, 2.24) is 4.90 Å². The van der Waals surface area contributed by atoms with Gasteiger partial charge in [0.15, 0.2) is 0 Å². The molecule has 1 aliphatic heterocycles. The summed E-state index contributed by atoms with van der Waals surface area (Å²) in [7, 11) is 0. The summed E-state index contributed by atoms with van der Waals surface area (Å²) in [5.41, 5.74) is 0.387. The number of halogens is 2. The van der Waals surface area contributed by atoms with Gasteiger partial charge in [-0.05, 0) is 18.6 Å². The Hall–Kier alpha value is -1.26. The Morgan fingerprint density at radius 1 is 1.33 bits per heavy atom. The van der Waals surface area contributed by atoms with Gasteiger partial charge in [0.25, 0.3) is 0 Å². The fourth-order valence-corrected chi connectivity index (χ4v) is 2.33. The molecule has 0 unspecified atom stereocenters. The van der Waals surface area contributed by atoms with E-state index in [0.29, 0.717) is 28.7 Å². The van der Waals surface area contributed by atoms with Gasteiger partial charge in [0.2, 0.25) is 11.8 Å². The molecule has 1 aliphatic rings. The zero-order valence-electron chi connectivity index (χ0n) is 9.58. The number of nitrogens with zero attached hydrogens (tertiary/aromatic N) is 1. The number of likely N-dealkylation sites (tertiary alicyclic amines) is 1. The highest BCUT2D eigenvalue weighted by molar-refractivity contribution is 6.39. The molecule has 0 radical (unpaired) electrons. The van der Waals surface area contributed by atoms with Gasteiger partial charge in [0.05, 0.1) is 22.3 Å². The fourth-order valence-electron chi connectivity index (χ4n) is 1.84. The number of rotatable bonds is 3. The molecule has 2 amide bonds. The van der Waals surface area contributed by atoms with Crippen LogP contribution in [0.5, 0.6) is 0 Å². The molecule has 0 saturated carbocycles. The van der Waals surface area contributed by atoms with Crippen LogP contribution in [0.2, 0.25) is 10.0 Å². The number of nitrogens with one attached hydrogen (secondary N) is 1. The van der Waals surface area contributed by atoms with Gasteiger partial charge in [-0.15, -0.1) is 0 Å². The molecule has 0 aromatic heterocycles. The lowest BCUT2D eigenvalue weighted by Gasteiger charge is -2.15. The molecule has 1 aromatic rings. The molecule has 0 atom stereocenters. The zero-order valence-corrected chi connectivity index (χ0v) is 11.1. The Labute approximate surface area is 115 Å². The quantitative estimate of drug-likeness (QED) is 0.928. The second-order valence-corrected chi connectivity index (χ2v) is 4.88. The Kier molecular flexibility index (Phi) is 4.09. The van der Waals surface area contributed by atoms with Crippen molar-refractivity contribution in [3.63, 3.8) is 0 Å². The van der Waals surface area contributed by atoms with E-state index in [1.54, 1.807) is 18.2 Å². The maximum atomic E-state index is 11.8. The molecule has 2 rings (SSSR count). The number of hydrogen-bond acceptors (Lipinski definition) is 2. The average molecular weight is 287 g/mol. The number of carbonyl (C=O) groups excluding carboxylic acids is 2. The molecule has 6 heteroatoms. The lowest BCUT2D eigenvalue weighted by molar-refractivity contribution is -0.131. The number of para-hydroxylation sites is 1. The van der Waals surface area contributed by atoms with E-state index in [2.05, 4.69) is 5.32 Å².